The molecule has 9 aromatic rings. The van der Waals surface area contributed by atoms with Crippen LogP contribution in [0.4, 0.5) is 17.1 Å². The number of hydrogen-bond acceptors (Lipinski definition) is 1. The first-order valence-electron chi connectivity index (χ1n) is 16.2. The Morgan fingerprint density at radius 3 is 1.49 bits per heavy atom. The lowest BCUT2D eigenvalue weighted by Gasteiger charge is -2.26. The van der Waals surface area contributed by atoms with Gasteiger partial charge in [-0.05, 0) is 108 Å². The number of rotatable bonds is 5. The average Bonchev–Trinajstić information content (AvgIpc) is 3.15. The van der Waals surface area contributed by atoms with Gasteiger partial charge in [0.25, 0.3) is 0 Å². The van der Waals surface area contributed by atoms with E-state index in [2.05, 4.69) is 193 Å². The summed E-state index contributed by atoms with van der Waals surface area (Å²) in [5.74, 6) is 0. The second-order valence-electron chi connectivity index (χ2n) is 12.1. The maximum atomic E-state index is 2.36. The van der Waals surface area contributed by atoms with Gasteiger partial charge in [-0.25, -0.2) is 0 Å². The SMILES string of the molecule is c1ccc(N(c2ccc(-c3cccc(-c4cccc5ccccc45)c3)cc2)c2ccc3c4ccccc4c4ccccc4c3c2)cc1. The Kier molecular flexibility index (Phi) is 6.54. The molecule has 0 saturated carbocycles. The lowest BCUT2D eigenvalue weighted by Crippen LogP contribution is -2.09. The van der Waals surface area contributed by atoms with Gasteiger partial charge in [0.15, 0.2) is 0 Å². The molecule has 0 amide bonds. The monoisotopic (exact) mass is 597 g/mol. The molecule has 0 fully saturated rings. The first-order chi connectivity index (χ1) is 23.3. The Labute approximate surface area is 274 Å². The van der Waals surface area contributed by atoms with E-state index in [1.807, 2.05) is 0 Å². The van der Waals surface area contributed by atoms with Crippen LogP contribution in [0, 0.1) is 0 Å². The number of para-hydroxylation sites is 1. The maximum absolute atomic E-state index is 2.36. The third-order valence-corrected chi connectivity index (χ3v) is 9.42. The minimum Gasteiger partial charge on any atom is -0.310 e. The smallest absolute Gasteiger partial charge is 0.0468 e. The molecule has 9 aromatic carbocycles. The lowest BCUT2D eigenvalue weighted by molar-refractivity contribution is 1.29. The summed E-state index contributed by atoms with van der Waals surface area (Å²) in [5.41, 5.74) is 8.27. The quantitative estimate of drug-likeness (QED) is 0.178. The van der Waals surface area contributed by atoms with Crippen molar-refractivity contribution in [1.82, 2.24) is 0 Å². The Balaban J connectivity index is 1.15. The molecule has 0 heterocycles. The van der Waals surface area contributed by atoms with E-state index in [1.165, 1.54) is 65.3 Å². The van der Waals surface area contributed by atoms with Gasteiger partial charge in [0.1, 0.15) is 0 Å². The maximum Gasteiger partial charge on any atom is 0.0468 e. The van der Waals surface area contributed by atoms with Gasteiger partial charge in [-0.3, -0.25) is 0 Å². The van der Waals surface area contributed by atoms with Gasteiger partial charge in [-0.2, -0.15) is 0 Å². The van der Waals surface area contributed by atoms with E-state index in [4.69, 9.17) is 0 Å². The number of hydrogen-bond donors (Lipinski definition) is 0. The highest BCUT2D eigenvalue weighted by atomic mass is 15.1. The third-order valence-electron chi connectivity index (χ3n) is 9.42. The van der Waals surface area contributed by atoms with E-state index in [-0.39, 0.29) is 0 Å². The van der Waals surface area contributed by atoms with E-state index in [0.717, 1.165) is 17.1 Å². The van der Waals surface area contributed by atoms with Gasteiger partial charge in [-0.1, -0.05) is 146 Å². The zero-order chi connectivity index (χ0) is 31.2. The lowest BCUT2D eigenvalue weighted by atomic mass is 9.94. The van der Waals surface area contributed by atoms with E-state index >= 15 is 0 Å². The van der Waals surface area contributed by atoms with Crippen molar-refractivity contribution in [3.63, 3.8) is 0 Å². The first kappa shape index (κ1) is 27.2. The Morgan fingerprint density at radius 1 is 0.255 bits per heavy atom. The number of nitrogens with zero attached hydrogens (tertiary/aromatic N) is 1. The molecule has 0 atom stereocenters. The van der Waals surface area contributed by atoms with Crippen molar-refractivity contribution in [1.29, 1.82) is 0 Å². The van der Waals surface area contributed by atoms with Gasteiger partial charge < -0.3 is 4.90 Å². The molecule has 0 aliphatic rings. The van der Waals surface area contributed by atoms with E-state index in [1.54, 1.807) is 0 Å². The number of fused-ring (bicyclic) bond motifs is 7. The van der Waals surface area contributed by atoms with Gasteiger partial charge in [0, 0.05) is 17.1 Å². The molecule has 220 valence electrons. The normalized spacial score (nSPS) is 11.4. The van der Waals surface area contributed by atoms with Crippen molar-refractivity contribution in [2.75, 3.05) is 4.90 Å². The third kappa shape index (κ3) is 4.72. The van der Waals surface area contributed by atoms with Crippen molar-refractivity contribution in [3.8, 4) is 22.3 Å². The van der Waals surface area contributed by atoms with Crippen molar-refractivity contribution in [2.24, 2.45) is 0 Å². The number of anilines is 3. The summed E-state index contributed by atoms with van der Waals surface area (Å²) >= 11 is 0. The fraction of sp³-hybridized carbons (Fsp3) is 0. The second-order valence-corrected chi connectivity index (χ2v) is 12.1. The molecule has 9 rings (SSSR count). The summed E-state index contributed by atoms with van der Waals surface area (Å²) in [6.45, 7) is 0. The second kappa shape index (κ2) is 11.3. The summed E-state index contributed by atoms with van der Waals surface area (Å²) in [5, 5.41) is 10.2. The highest BCUT2D eigenvalue weighted by Crippen LogP contribution is 2.41. The Hall–Kier alpha value is -6.18. The van der Waals surface area contributed by atoms with Crippen LogP contribution >= 0.6 is 0 Å². The standard InChI is InChI=1S/C46H31N/c1-2-16-36(17-3-1)47(38-28-29-45-43-21-7-6-19-41(43)42-20-8-9-22-44(42)46(45)31-38)37-26-24-32(25-27-37)34-14-10-15-35(30-34)40-23-11-13-33-12-4-5-18-39(33)40/h1-31H. The highest BCUT2D eigenvalue weighted by molar-refractivity contribution is 6.25. The molecule has 0 radical (unpaired) electrons. The van der Waals surface area contributed by atoms with Crippen LogP contribution in [0.15, 0.2) is 188 Å². The predicted octanol–water partition coefficient (Wildman–Crippen LogP) is 13.1. The van der Waals surface area contributed by atoms with Crippen molar-refractivity contribution in [3.05, 3.63) is 188 Å². The fourth-order valence-electron chi connectivity index (χ4n) is 7.21. The molecule has 0 aliphatic carbocycles. The molecule has 0 aliphatic heterocycles. The largest absolute Gasteiger partial charge is 0.310 e. The summed E-state index contributed by atoms with van der Waals surface area (Å²) in [7, 11) is 0. The van der Waals surface area contributed by atoms with Crippen LogP contribution in [0.5, 0.6) is 0 Å². The number of benzene rings is 9. The van der Waals surface area contributed by atoms with E-state index < -0.39 is 0 Å². The molecule has 47 heavy (non-hydrogen) atoms. The zero-order valence-electron chi connectivity index (χ0n) is 25.8. The molecule has 1 heteroatoms. The van der Waals surface area contributed by atoms with Crippen LogP contribution in [0.2, 0.25) is 0 Å². The van der Waals surface area contributed by atoms with Gasteiger partial charge in [0.2, 0.25) is 0 Å². The molecule has 0 aromatic heterocycles. The first-order valence-corrected chi connectivity index (χ1v) is 16.2. The molecule has 0 bridgehead atoms. The Morgan fingerprint density at radius 2 is 0.766 bits per heavy atom. The molecule has 0 saturated heterocycles. The van der Waals surface area contributed by atoms with E-state index in [0.29, 0.717) is 0 Å². The minimum absolute atomic E-state index is 1.12. The minimum atomic E-state index is 1.12. The van der Waals surface area contributed by atoms with Crippen molar-refractivity contribution in [2.45, 2.75) is 0 Å². The molecular weight excluding hydrogens is 567 g/mol. The molecule has 0 N–H and O–H groups in total. The van der Waals surface area contributed by atoms with Crippen LogP contribution in [0.3, 0.4) is 0 Å². The topological polar surface area (TPSA) is 3.24 Å². The fourth-order valence-corrected chi connectivity index (χ4v) is 7.21. The molecular formula is C46H31N. The van der Waals surface area contributed by atoms with Crippen LogP contribution in [0.25, 0.3) is 65.3 Å². The summed E-state index contributed by atoms with van der Waals surface area (Å²) in [6, 6.07) is 68.2. The van der Waals surface area contributed by atoms with Crippen molar-refractivity contribution >= 4 is 60.2 Å². The van der Waals surface area contributed by atoms with Gasteiger partial charge in [-0.15, -0.1) is 0 Å². The summed E-state index contributed by atoms with van der Waals surface area (Å²) < 4.78 is 0. The Bertz CT molecular complexity index is 2520. The van der Waals surface area contributed by atoms with Crippen LogP contribution in [0.1, 0.15) is 0 Å². The summed E-state index contributed by atoms with van der Waals surface area (Å²) in [6.07, 6.45) is 0. The molecule has 0 unspecified atom stereocenters. The molecule has 1 nitrogen and oxygen atoms in total. The van der Waals surface area contributed by atoms with Gasteiger partial charge >= 0.3 is 0 Å². The highest BCUT2D eigenvalue weighted by Gasteiger charge is 2.16. The van der Waals surface area contributed by atoms with Crippen LogP contribution in [-0.2, 0) is 0 Å². The predicted molar refractivity (Wildman–Crippen MR) is 202 cm³/mol. The summed E-state index contributed by atoms with van der Waals surface area (Å²) in [4.78, 5) is 2.36. The van der Waals surface area contributed by atoms with Crippen molar-refractivity contribution < 1.29 is 0 Å². The average molecular weight is 598 g/mol. The van der Waals surface area contributed by atoms with Gasteiger partial charge in [0.05, 0.1) is 0 Å². The van der Waals surface area contributed by atoms with Crippen LogP contribution in [-0.4, -0.2) is 0 Å². The van der Waals surface area contributed by atoms with Crippen LogP contribution < -0.4 is 4.90 Å². The zero-order valence-corrected chi connectivity index (χ0v) is 25.8. The molecule has 0 spiro atoms. The van der Waals surface area contributed by atoms with E-state index in [9.17, 15) is 0 Å².